The molecule has 16 heavy (non-hydrogen) atoms. The molecular weight excluding hydrogens is 245 g/mol. The van der Waals surface area contributed by atoms with Crippen molar-refractivity contribution in [2.45, 2.75) is 5.88 Å². The monoisotopic (exact) mass is 253 g/mol. The largest absolute Gasteiger partial charge is 0.437 e. The van der Waals surface area contributed by atoms with E-state index in [2.05, 4.69) is 4.98 Å². The zero-order valence-corrected chi connectivity index (χ0v) is 9.87. The number of hydrogen-bond donors (Lipinski definition) is 0. The molecule has 0 unspecified atom stereocenters. The van der Waals surface area contributed by atoms with E-state index in [9.17, 15) is 0 Å². The minimum atomic E-state index is 0.432. The molecule has 1 heterocycles. The van der Waals surface area contributed by atoms with Crippen LogP contribution in [0.2, 0.25) is 5.02 Å². The van der Waals surface area contributed by atoms with Gasteiger partial charge in [0.05, 0.1) is 5.02 Å². The molecular formula is C12H9Cl2NO. The summed E-state index contributed by atoms with van der Waals surface area (Å²) in [4.78, 5) is 4.08. The van der Waals surface area contributed by atoms with Gasteiger partial charge in [-0.3, -0.25) is 0 Å². The molecule has 0 atom stereocenters. The molecule has 0 spiro atoms. The smallest absolute Gasteiger partial charge is 0.219 e. The third-order valence-corrected chi connectivity index (χ3v) is 2.63. The molecule has 0 aliphatic rings. The summed E-state index contributed by atoms with van der Waals surface area (Å²) in [5.74, 6) is 1.51. The lowest BCUT2D eigenvalue weighted by atomic mass is 10.3. The van der Waals surface area contributed by atoms with Crippen LogP contribution in [0.4, 0.5) is 0 Å². The quantitative estimate of drug-likeness (QED) is 0.763. The van der Waals surface area contributed by atoms with Crippen molar-refractivity contribution in [1.29, 1.82) is 0 Å². The average Bonchev–Trinajstić information content (AvgIpc) is 2.32. The Hall–Kier alpha value is -1.25. The van der Waals surface area contributed by atoms with Gasteiger partial charge in [-0.05, 0) is 23.8 Å². The van der Waals surface area contributed by atoms with Crippen LogP contribution in [0.15, 0.2) is 42.6 Å². The molecule has 1 aromatic carbocycles. The second-order valence-corrected chi connectivity index (χ2v) is 3.84. The molecule has 0 amide bonds. The van der Waals surface area contributed by atoms with Gasteiger partial charge < -0.3 is 4.74 Å². The fourth-order valence-corrected chi connectivity index (χ4v) is 1.57. The highest BCUT2D eigenvalue weighted by Crippen LogP contribution is 2.27. The Kier molecular flexibility index (Phi) is 3.65. The lowest BCUT2D eigenvalue weighted by Gasteiger charge is -2.06. The third kappa shape index (κ3) is 2.65. The lowest BCUT2D eigenvalue weighted by Crippen LogP contribution is -1.89. The van der Waals surface area contributed by atoms with Crippen molar-refractivity contribution in [3.63, 3.8) is 0 Å². The van der Waals surface area contributed by atoms with Crippen LogP contribution in [0.3, 0.4) is 0 Å². The van der Waals surface area contributed by atoms with Crippen LogP contribution in [0.25, 0.3) is 0 Å². The van der Waals surface area contributed by atoms with Crippen LogP contribution in [-0.4, -0.2) is 4.98 Å². The van der Waals surface area contributed by atoms with E-state index in [1.54, 1.807) is 24.4 Å². The first kappa shape index (κ1) is 11.2. The van der Waals surface area contributed by atoms with E-state index < -0.39 is 0 Å². The summed E-state index contributed by atoms with van der Waals surface area (Å²) in [5, 5.41) is 0.556. The highest BCUT2D eigenvalue weighted by atomic mass is 35.5. The van der Waals surface area contributed by atoms with Crippen LogP contribution in [0.1, 0.15) is 5.56 Å². The van der Waals surface area contributed by atoms with Crippen molar-refractivity contribution in [1.82, 2.24) is 4.98 Å². The number of para-hydroxylation sites is 1. The number of alkyl halides is 1. The van der Waals surface area contributed by atoms with Crippen molar-refractivity contribution >= 4 is 23.2 Å². The first-order valence-electron chi connectivity index (χ1n) is 4.73. The second-order valence-electron chi connectivity index (χ2n) is 3.17. The summed E-state index contributed by atoms with van der Waals surface area (Å²) in [6.07, 6.45) is 1.66. The molecule has 0 aliphatic heterocycles. The summed E-state index contributed by atoms with van der Waals surface area (Å²) in [6.45, 7) is 0. The molecule has 0 N–H and O–H groups in total. The topological polar surface area (TPSA) is 22.1 Å². The molecule has 0 radical (unpaired) electrons. The maximum absolute atomic E-state index is 5.97. The number of halogens is 2. The molecule has 82 valence electrons. The van der Waals surface area contributed by atoms with E-state index >= 15 is 0 Å². The standard InChI is InChI=1S/C12H9Cl2NO/c13-8-9-5-6-15-12(7-9)16-11-4-2-1-3-10(11)14/h1-7H,8H2. The number of nitrogens with zero attached hydrogens (tertiary/aromatic N) is 1. The molecule has 0 aliphatic carbocycles. The predicted octanol–water partition coefficient (Wildman–Crippen LogP) is 4.27. The molecule has 0 saturated heterocycles. The van der Waals surface area contributed by atoms with Gasteiger partial charge in [-0.25, -0.2) is 4.98 Å². The van der Waals surface area contributed by atoms with Gasteiger partial charge in [0.1, 0.15) is 5.75 Å². The van der Waals surface area contributed by atoms with Crippen LogP contribution < -0.4 is 4.74 Å². The number of aromatic nitrogens is 1. The van der Waals surface area contributed by atoms with Gasteiger partial charge in [-0.15, -0.1) is 11.6 Å². The molecule has 0 fully saturated rings. The van der Waals surface area contributed by atoms with Crippen LogP contribution in [-0.2, 0) is 5.88 Å². The highest BCUT2D eigenvalue weighted by Gasteiger charge is 2.03. The SMILES string of the molecule is ClCc1ccnc(Oc2ccccc2Cl)c1. The Balaban J connectivity index is 2.24. The molecule has 0 saturated carbocycles. The van der Waals surface area contributed by atoms with E-state index in [1.807, 2.05) is 18.2 Å². The first-order valence-corrected chi connectivity index (χ1v) is 5.64. The summed E-state index contributed by atoms with van der Waals surface area (Å²) >= 11 is 11.7. The normalized spacial score (nSPS) is 10.1. The van der Waals surface area contributed by atoms with E-state index in [0.29, 0.717) is 22.5 Å². The van der Waals surface area contributed by atoms with Crippen molar-refractivity contribution in [3.8, 4) is 11.6 Å². The maximum Gasteiger partial charge on any atom is 0.219 e. The number of rotatable bonds is 3. The maximum atomic E-state index is 5.97. The predicted molar refractivity (Wildman–Crippen MR) is 65.3 cm³/mol. The van der Waals surface area contributed by atoms with Crippen LogP contribution in [0.5, 0.6) is 11.6 Å². The zero-order valence-electron chi connectivity index (χ0n) is 8.36. The van der Waals surface area contributed by atoms with E-state index in [-0.39, 0.29) is 0 Å². The van der Waals surface area contributed by atoms with Gasteiger partial charge in [0.15, 0.2) is 0 Å². The molecule has 1 aromatic heterocycles. The Labute approximate surface area is 104 Å². The fraction of sp³-hybridized carbons (Fsp3) is 0.0833. The van der Waals surface area contributed by atoms with Gasteiger partial charge in [0.2, 0.25) is 5.88 Å². The van der Waals surface area contributed by atoms with Crippen molar-refractivity contribution in [2.24, 2.45) is 0 Å². The summed E-state index contributed by atoms with van der Waals surface area (Å²) < 4.78 is 5.55. The third-order valence-electron chi connectivity index (χ3n) is 2.00. The number of ether oxygens (including phenoxy) is 1. The van der Waals surface area contributed by atoms with E-state index in [4.69, 9.17) is 27.9 Å². The Morgan fingerprint density at radius 1 is 1.19 bits per heavy atom. The van der Waals surface area contributed by atoms with Gasteiger partial charge in [0, 0.05) is 18.1 Å². The average molecular weight is 254 g/mol. The molecule has 2 nitrogen and oxygen atoms in total. The Morgan fingerprint density at radius 2 is 2.00 bits per heavy atom. The summed E-state index contributed by atoms with van der Waals surface area (Å²) in [7, 11) is 0. The van der Waals surface area contributed by atoms with Gasteiger partial charge in [0.25, 0.3) is 0 Å². The van der Waals surface area contributed by atoms with Crippen LogP contribution >= 0.6 is 23.2 Å². The van der Waals surface area contributed by atoms with Gasteiger partial charge in [-0.1, -0.05) is 23.7 Å². The van der Waals surface area contributed by atoms with Crippen molar-refractivity contribution in [3.05, 3.63) is 53.2 Å². The second kappa shape index (κ2) is 5.19. The molecule has 4 heteroatoms. The minimum absolute atomic E-state index is 0.432. The van der Waals surface area contributed by atoms with Gasteiger partial charge in [-0.2, -0.15) is 0 Å². The zero-order chi connectivity index (χ0) is 11.4. The number of benzene rings is 1. The highest BCUT2D eigenvalue weighted by molar-refractivity contribution is 6.32. The Morgan fingerprint density at radius 3 is 2.75 bits per heavy atom. The molecule has 0 bridgehead atoms. The fourth-order valence-electron chi connectivity index (χ4n) is 1.23. The van der Waals surface area contributed by atoms with Crippen molar-refractivity contribution in [2.75, 3.05) is 0 Å². The Bertz CT molecular complexity index is 488. The van der Waals surface area contributed by atoms with Crippen LogP contribution in [0, 0.1) is 0 Å². The lowest BCUT2D eigenvalue weighted by molar-refractivity contribution is 0.462. The number of hydrogen-bond acceptors (Lipinski definition) is 2. The number of pyridine rings is 1. The van der Waals surface area contributed by atoms with E-state index in [0.717, 1.165) is 5.56 Å². The summed E-state index contributed by atoms with van der Waals surface area (Å²) in [5.41, 5.74) is 0.957. The molecule has 2 aromatic rings. The summed E-state index contributed by atoms with van der Waals surface area (Å²) in [6, 6.07) is 10.9. The van der Waals surface area contributed by atoms with Crippen molar-refractivity contribution < 1.29 is 4.74 Å². The first-order chi connectivity index (χ1) is 7.79. The van der Waals surface area contributed by atoms with Gasteiger partial charge >= 0.3 is 0 Å². The molecule has 2 rings (SSSR count). The van der Waals surface area contributed by atoms with E-state index in [1.165, 1.54) is 0 Å². The minimum Gasteiger partial charge on any atom is -0.437 e.